The van der Waals surface area contributed by atoms with Crippen molar-refractivity contribution in [1.82, 2.24) is 8.61 Å². The zero-order chi connectivity index (χ0) is 11.0. The number of hydrogen-bond acceptors (Lipinski definition) is 2. The molecule has 0 aromatic heterocycles. The first kappa shape index (κ1) is 11.9. The van der Waals surface area contributed by atoms with Crippen LogP contribution in [-0.4, -0.2) is 44.2 Å². The van der Waals surface area contributed by atoms with Gasteiger partial charge in [0.25, 0.3) is 10.2 Å². The fraction of sp³-hybridized carbons (Fsp3) is 1.00. The van der Waals surface area contributed by atoms with E-state index in [1.165, 1.54) is 4.31 Å². The minimum Gasteiger partial charge on any atom is -0.195 e. The van der Waals surface area contributed by atoms with Crippen molar-refractivity contribution in [2.45, 2.75) is 26.7 Å². The molecule has 0 spiro atoms. The third-order valence-electron chi connectivity index (χ3n) is 3.16. The summed E-state index contributed by atoms with van der Waals surface area (Å²) in [5, 5.41) is 0. The molecule has 1 heterocycles. The quantitative estimate of drug-likeness (QED) is 0.709. The molecule has 1 aliphatic rings. The first-order valence-corrected chi connectivity index (χ1v) is 6.39. The minimum absolute atomic E-state index is 0.170. The summed E-state index contributed by atoms with van der Waals surface area (Å²) < 4.78 is 26.4. The fourth-order valence-corrected chi connectivity index (χ4v) is 2.95. The summed E-state index contributed by atoms with van der Waals surface area (Å²) in [5.74, 6) is 0. The van der Waals surface area contributed by atoms with Crippen molar-refractivity contribution in [1.29, 1.82) is 0 Å². The van der Waals surface area contributed by atoms with E-state index < -0.39 is 10.2 Å². The Morgan fingerprint density at radius 1 is 1.43 bits per heavy atom. The standard InChI is InChI=1S/C9H20N2O2S/c1-5-9(2)6-7-11(8-9)14(12,13)10(3)4/h5-8H2,1-4H3. The summed E-state index contributed by atoms with van der Waals surface area (Å²) >= 11 is 0. The average molecular weight is 220 g/mol. The lowest BCUT2D eigenvalue weighted by molar-refractivity contribution is 0.320. The maximum Gasteiger partial charge on any atom is 0.281 e. The lowest BCUT2D eigenvalue weighted by Crippen LogP contribution is -2.39. The highest BCUT2D eigenvalue weighted by Crippen LogP contribution is 2.34. The Kier molecular flexibility index (Phi) is 3.23. The van der Waals surface area contributed by atoms with Gasteiger partial charge in [-0.05, 0) is 18.3 Å². The van der Waals surface area contributed by atoms with Gasteiger partial charge in [-0.25, -0.2) is 0 Å². The zero-order valence-electron chi connectivity index (χ0n) is 9.45. The topological polar surface area (TPSA) is 40.6 Å². The van der Waals surface area contributed by atoms with Gasteiger partial charge in [-0.1, -0.05) is 13.8 Å². The zero-order valence-corrected chi connectivity index (χ0v) is 10.3. The third-order valence-corrected chi connectivity index (χ3v) is 5.05. The van der Waals surface area contributed by atoms with Gasteiger partial charge in [0.2, 0.25) is 0 Å². The Labute approximate surface area is 87.1 Å². The van der Waals surface area contributed by atoms with Crippen molar-refractivity contribution in [2.75, 3.05) is 27.2 Å². The van der Waals surface area contributed by atoms with Crippen LogP contribution in [0.25, 0.3) is 0 Å². The van der Waals surface area contributed by atoms with Gasteiger partial charge >= 0.3 is 0 Å². The number of nitrogens with zero attached hydrogens (tertiary/aromatic N) is 2. The van der Waals surface area contributed by atoms with Crippen LogP contribution >= 0.6 is 0 Å². The molecule has 84 valence electrons. The molecule has 5 heteroatoms. The van der Waals surface area contributed by atoms with E-state index in [-0.39, 0.29) is 5.41 Å². The first-order valence-electron chi connectivity index (χ1n) is 4.99. The SMILES string of the molecule is CCC1(C)CCN(S(=O)(=O)N(C)C)C1. The van der Waals surface area contributed by atoms with Crippen LogP contribution in [0.3, 0.4) is 0 Å². The Morgan fingerprint density at radius 3 is 2.36 bits per heavy atom. The van der Waals surface area contributed by atoms with E-state index in [0.29, 0.717) is 13.1 Å². The van der Waals surface area contributed by atoms with E-state index in [4.69, 9.17) is 0 Å². The van der Waals surface area contributed by atoms with Crippen LogP contribution < -0.4 is 0 Å². The van der Waals surface area contributed by atoms with Crippen LogP contribution in [0.2, 0.25) is 0 Å². The fourth-order valence-electron chi connectivity index (χ4n) is 1.69. The number of rotatable bonds is 3. The van der Waals surface area contributed by atoms with E-state index in [2.05, 4.69) is 13.8 Å². The molecule has 0 aromatic carbocycles. The van der Waals surface area contributed by atoms with Crippen molar-refractivity contribution in [3.8, 4) is 0 Å². The van der Waals surface area contributed by atoms with Gasteiger partial charge in [0.05, 0.1) is 0 Å². The van der Waals surface area contributed by atoms with Gasteiger partial charge < -0.3 is 0 Å². The summed E-state index contributed by atoms with van der Waals surface area (Å²) in [6, 6.07) is 0. The molecule has 0 amide bonds. The molecule has 4 nitrogen and oxygen atoms in total. The maximum atomic E-state index is 11.8. The van der Waals surface area contributed by atoms with Gasteiger partial charge in [0.15, 0.2) is 0 Å². The highest BCUT2D eigenvalue weighted by molar-refractivity contribution is 7.86. The van der Waals surface area contributed by atoms with Crippen LogP contribution in [-0.2, 0) is 10.2 Å². The molecule has 1 atom stereocenters. The summed E-state index contributed by atoms with van der Waals surface area (Å²) in [5.41, 5.74) is 0.170. The van der Waals surface area contributed by atoms with Gasteiger partial charge in [0.1, 0.15) is 0 Å². The van der Waals surface area contributed by atoms with Crippen molar-refractivity contribution in [2.24, 2.45) is 5.41 Å². The molecule has 0 aromatic rings. The summed E-state index contributed by atoms with van der Waals surface area (Å²) in [7, 11) is -0.0305. The summed E-state index contributed by atoms with van der Waals surface area (Å²) in [6.45, 7) is 5.58. The predicted molar refractivity (Wildman–Crippen MR) is 57.2 cm³/mol. The van der Waals surface area contributed by atoms with Crippen LogP contribution in [0.1, 0.15) is 26.7 Å². The van der Waals surface area contributed by atoms with E-state index in [0.717, 1.165) is 12.8 Å². The van der Waals surface area contributed by atoms with Crippen LogP contribution in [0.5, 0.6) is 0 Å². The van der Waals surface area contributed by atoms with Crippen LogP contribution in [0, 0.1) is 5.41 Å². The highest BCUT2D eigenvalue weighted by Gasteiger charge is 2.38. The van der Waals surface area contributed by atoms with Crippen LogP contribution in [0.15, 0.2) is 0 Å². The van der Waals surface area contributed by atoms with E-state index in [9.17, 15) is 8.42 Å². The van der Waals surface area contributed by atoms with Gasteiger partial charge in [0, 0.05) is 27.2 Å². The number of hydrogen-bond donors (Lipinski definition) is 0. The van der Waals surface area contributed by atoms with Crippen LogP contribution in [0.4, 0.5) is 0 Å². The molecule has 1 fully saturated rings. The van der Waals surface area contributed by atoms with Crippen molar-refractivity contribution >= 4 is 10.2 Å². The molecular formula is C9H20N2O2S. The van der Waals surface area contributed by atoms with Gasteiger partial charge in [-0.3, -0.25) is 0 Å². The molecular weight excluding hydrogens is 200 g/mol. The van der Waals surface area contributed by atoms with Gasteiger partial charge in [-0.2, -0.15) is 17.0 Å². The van der Waals surface area contributed by atoms with Crippen molar-refractivity contribution < 1.29 is 8.42 Å². The second-order valence-electron chi connectivity index (χ2n) is 4.54. The van der Waals surface area contributed by atoms with E-state index in [1.807, 2.05) is 0 Å². The van der Waals surface area contributed by atoms with Crippen molar-refractivity contribution in [3.63, 3.8) is 0 Å². The molecule has 0 saturated carbocycles. The van der Waals surface area contributed by atoms with Gasteiger partial charge in [-0.15, -0.1) is 0 Å². The molecule has 14 heavy (non-hydrogen) atoms. The molecule has 0 aliphatic carbocycles. The highest BCUT2D eigenvalue weighted by atomic mass is 32.2. The summed E-state index contributed by atoms with van der Waals surface area (Å²) in [6.07, 6.45) is 2.00. The Bertz CT molecular complexity index is 300. The Morgan fingerprint density at radius 2 is 2.00 bits per heavy atom. The lowest BCUT2D eigenvalue weighted by atomic mass is 9.87. The Hall–Kier alpha value is -0.130. The molecule has 0 radical (unpaired) electrons. The monoisotopic (exact) mass is 220 g/mol. The molecule has 1 saturated heterocycles. The second kappa shape index (κ2) is 3.79. The lowest BCUT2D eigenvalue weighted by Gasteiger charge is -2.24. The molecule has 0 bridgehead atoms. The molecule has 1 rings (SSSR count). The molecule has 1 unspecified atom stereocenters. The smallest absolute Gasteiger partial charge is 0.195 e. The van der Waals surface area contributed by atoms with E-state index in [1.54, 1.807) is 18.4 Å². The predicted octanol–water partition coefficient (Wildman–Crippen LogP) is 0.915. The molecule has 1 aliphatic heterocycles. The molecule has 0 N–H and O–H groups in total. The largest absolute Gasteiger partial charge is 0.281 e. The normalized spacial score (nSPS) is 30.1. The van der Waals surface area contributed by atoms with E-state index >= 15 is 0 Å². The maximum absolute atomic E-state index is 11.8. The second-order valence-corrected chi connectivity index (χ2v) is 6.68. The first-order chi connectivity index (χ1) is 6.32. The Balaban J connectivity index is 2.77. The van der Waals surface area contributed by atoms with Crippen molar-refractivity contribution in [3.05, 3.63) is 0 Å². The minimum atomic E-state index is -3.19. The third kappa shape index (κ3) is 2.10. The average Bonchev–Trinajstić information content (AvgIpc) is 2.49. The summed E-state index contributed by atoms with van der Waals surface area (Å²) in [4.78, 5) is 0.